The van der Waals surface area contributed by atoms with Crippen molar-refractivity contribution in [2.24, 2.45) is 0 Å². The standard InChI is InChI=1S/C20H20OP.C5H5.Fe/c1-16(21-2)19-14-9-15-20(19)22(17-10-5-3-6-11-17)18-12-7-4-8-13-18;1-2-4-5-3-1;/h3-16H,1-2H3;1-5H;/q;;+2. The van der Waals surface area contributed by atoms with Gasteiger partial charge in [-0.3, -0.25) is 0 Å². The Kier molecular flexibility index (Phi) is 10.8. The van der Waals surface area contributed by atoms with Gasteiger partial charge in [0.25, 0.3) is 0 Å². The molecule has 3 heteroatoms. The summed E-state index contributed by atoms with van der Waals surface area (Å²) in [5.74, 6) is 1.29. The van der Waals surface area contributed by atoms with Crippen molar-refractivity contribution in [3.05, 3.63) is 124 Å². The molecule has 2 aromatic rings. The van der Waals surface area contributed by atoms with Crippen LogP contribution in [-0.4, -0.2) is 13.2 Å². The Balaban J connectivity index is 0.000000408. The summed E-state index contributed by atoms with van der Waals surface area (Å²) < 4.78 is 5.57. The van der Waals surface area contributed by atoms with Gasteiger partial charge >= 0.3 is 17.1 Å². The number of hydrogen-bond donors (Lipinski definition) is 0. The molecule has 2 fully saturated rings. The topological polar surface area (TPSA) is 9.23 Å². The molecule has 142 valence electrons. The number of benzene rings is 2. The minimum absolute atomic E-state index is 0. The normalized spacial score (nSPS) is 18.4. The first-order valence-electron chi connectivity index (χ1n) is 9.16. The van der Waals surface area contributed by atoms with E-state index in [0.717, 1.165) is 0 Å². The summed E-state index contributed by atoms with van der Waals surface area (Å²) in [5.41, 5.74) is 1.39. The van der Waals surface area contributed by atoms with Crippen LogP contribution in [0.1, 0.15) is 6.92 Å². The molecule has 1 nitrogen and oxygen atoms in total. The molecule has 1 unspecified atom stereocenters. The fraction of sp³-hybridized carbons (Fsp3) is 0.120. The van der Waals surface area contributed by atoms with Gasteiger partial charge in [-0.25, -0.2) is 0 Å². The van der Waals surface area contributed by atoms with Crippen molar-refractivity contribution in [2.45, 2.75) is 13.0 Å². The van der Waals surface area contributed by atoms with Crippen molar-refractivity contribution in [1.29, 1.82) is 0 Å². The van der Waals surface area contributed by atoms with E-state index in [4.69, 9.17) is 4.74 Å². The monoisotopic (exact) mass is 428 g/mol. The number of hydrogen-bond acceptors (Lipinski definition) is 1. The second-order valence-corrected chi connectivity index (χ2v) is 8.40. The molecule has 0 aromatic heterocycles. The van der Waals surface area contributed by atoms with Gasteiger partial charge in [0.15, 0.2) is 0 Å². The Morgan fingerprint density at radius 3 is 1.57 bits per heavy atom. The minimum Gasteiger partial charge on any atom is -0.381 e. The minimum atomic E-state index is -0.548. The van der Waals surface area contributed by atoms with Gasteiger partial charge in [0, 0.05) is 18.7 Å². The van der Waals surface area contributed by atoms with Gasteiger partial charge in [0.1, 0.15) is 0 Å². The zero-order chi connectivity index (χ0) is 18.9. The second-order valence-electron chi connectivity index (χ2n) is 6.21. The van der Waals surface area contributed by atoms with E-state index in [9.17, 15) is 0 Å². The van der Waals surface area contributed by atoms with Crippen LogP contribution >= 0.6 is 7.92 Å². The number of ether oxygens (including phenoxy) is 1. The predicted molar refractivity (Wildman–Crippen MR) is 116 cm³/mol. The van der Waals surface area contributed by atoms with Crippen molar-refractivity contribution in [1.82, 2.24) is 0 Å². The van der Waals surface area contributed by atoms with Crippen molar-refractivity contribution < 1.29 is 21.8 Å². The van der Waals surface area contributed by atoms with E-state index < -0.39 is 7.92 Å². The second kappa shape index (κ2) is 12.8. The Morgan fingerprint density at radius 1 is 0.679 bits per heavy atom. The summed E-state index contributed by atoms with van der Waals surface area (Å²) in [6, 6.07) is 21.6. The zero-order valence-corrected chi connectivity index (χ0v) is 18.2. The molecule has 0 bridgehead atoms. The molecule has 2 aliphatic carbocycles. The Morgan fingerprint density at radius 2 is 1.14 bits per heavy atom. The van der Waals surface area contributed by atoms with E-state index in [1.165, 1.54) is 22.2 Å². The van der Waals surface area contributed by atoms with Gasteiger partial charge in [0.2, 0.25) is 0 Å². The Labute approximate surface area is 183 Å². The number of rotatable bonds is 5. The van der Waals surface area contributed by atoms with Crippen molar-refractivity contribution >= 4 is 18.5 Å². The SMILES string of the molecule is COC(C)[C]1[CH][CH][CH][C]1P(c1ccccc1)c1ccccc1.[CH]1[CH][CH][CH][CH]1.[Fe+2]. The summed E-state index contributed by atoms with van der Waals surface area (Å²) in [4.78, 5) is 0. The average molecular weight is 428 g/mol. The van der Waals surface area contributed by atoms with Crippen molar-refractivity contribution in [2.75, 3.05) is 7.11 Å². The predicted octanol–water partition coefficient (Wildman–Crippen LogP) is 4.91. The van der Waals surface area contributed by atoms with Crippen LogP contribution in [0, 0.1) is 62.9 Å². The average Bonchev–Trinajstić information content (AvgIpc) is 3.45. The van der Waals surface area contributed by atoms with Crippen molar-refractivity contribution in [3.63, 3.8) is 0 Å². The van der Waals surface area contributed by atoms with Gasteiger partial charge in [-0.05, 0) is 76.8 Å². The molecule has 1 atom stereocenters. The summed E-state index contributed by atoms with van der Waals surface area (Å²) in [5, 5.41) is 2.75. The summed E-state index contributed by atoms with van der Waals surface area (Å²) >= 11 is 0. The third-order valence-corrected chi connectivity index (χ3v) is 6.96. The van der Waals surface area contributed by atoms with Gasteiger partial charge in [-0.2, -0.15) is 0 Å². The van der Waals surface area contributed by atoms with Crippen LogP contribution in [0.25, 0.3) is 0 Å². The molecule has 2 saturated carbocycles. The molecule has 0 aliphatic heterocycles. The molecule has 10 radical (unpaired) electrons. The summed E-state index contributed by atoms with van der Waals surface area (Å²) in [7, 11) is 1.22. The van der Waals surface area contributed by atoms with Crippen LogP contribution in [-0.2, 0) is 21.8 Å². The molecular weight excluding hydrogens is 403 g/mol. The maximum atomic E-state index is 5.57. The first kappa shape index (κ1) is 23.6. The molecule has 28 heavy (non-hydrogen) atoms. The maximum absolute atomic E-state index is 5.57. The van der Waals surface area contributed by atoms with Crippen LogP contribution in [0.2, 0.25) is 0 Å². The molecule has 2 aromatic carbocycles. The smallest absolute Gasteiger partial charge is 0.381 e. The van der Waals surface area contributed by atoms with Crippen LogP contribution in [0.15, 0.2) is 60.7 Å². The molecule has 0 N–H and O–H groups in total. The largest absolute Gasteiger partial charge is 2.00 e. The molecule has 0 saturated heterocycles. The van der Waals surface area contributed by atoms with E-state index in [-0.39, 0.29) is 23.2 Å². The van der Waals surface area contributed by atoms with E-state index in [1.807, 2.05) is 32.1 Å². The molecule has 0 amide bonds. The van der Waals surface area contributed by atoms with Crippen LogP contribution in [0.4, 0.5) is 0 Å². The van der Waals surface area contributed by atoms with Gasteiger partial charge in [0.05, 0.1) is 6.10 Å². The maximum Gasteiger partial charge on any atom is 2.00 e. The van der Waals surface area contributed by atoms with Crippen LogP contribution in [0.5, 0.6) is 0 Å². The molecule has 0 spiro atoms. The summed E-state index contributed by atoms with van der Waals surface area (Å²) in [6.45, 7) is 2.11. The molecule has 0 heterocycles. The molecular formula is C25H25FeOP+2. The molecule has 4 rings (SSSR count). The number of methoxy groups -OCH3 is 1. The fourth-order valence-corrected chi connectivity index (χ4v) is 5.55. The van der Waals surface area contributed by atoms with Crippen molar-refractivity contribution in [3.8, 4) is 0 Å². The third-order valence-electron chi connectivity index (χ3n) is 4.44. The quantitative estimate of drug-likeness (QED) is 0.486. The third kappa shape index (κ3) is 6.43. The fourth-order valence-electron chi connectivity index (χ4n) is 3.00. The van der Waals surface area contributed by atoms with Crippen LogP contribution < -0.4 is 10.6 Å². The Bertz CT molecular complexity index is 597. The van der Waals surface area contributed by atoms with Gasteiger partial charge in [-0.1, -0.05) is 60.7 Å². The van der Waals surface area contributed by atoms with E-state index >= 15 is 0 Å². The first-order chi connectivity index (χ1) is 13.3. The first-order valence-corrected chi connectivity index (χ1v) is 10.5. The summed E-state index contributed by atoms with van der Waals surface area (Å²) in [6.07, 6.45) is 16.7. The van der Waals surface area contributed by atoms with E-state index in [2.05, 4.69) is 86.8 Å². The Hall–Kier alpha value is -0.651. The van der Waals surface area contributed by atoms with Crippen LogP contribution in [0.3, 0.4) is 0 Å². The van der Waals surface area contributed by atoms with E-state index in [0.29, 0.717) is 0 Å². The van der Waals surface area contributed by atoms with Gasteiger partial charge in [-0.15, -0.1) is 0 Å². The zero-order valence-electron chi connectivity index (χ0n) is 16.2. The van der Waals surface area contributed by atoms with E-state index in [1.54, 1.807) is 7.11 Å². The van der Waals surface area contributed by atoms with Gasteiger partial charge < -0.3 is 4.74 Å². The molecule has 2 aliphatic rings.